The van der Waals surface area contributed by atoms with Crippen LogP contribution in [0.3, 0.4) is 0 Å². The molecule has 3 atom stereocenters. The van der Waals surface area contributed by atoms with Gasteiger partial charge >= 0.3 is 6.09 Å². The van der Waals surface area contributed by atoms with Gasteiger partial charge in [-0.05, 0) is 24.7 Å². The van der Waals surface area contributed by atoms with E-state index in [0.29, 0.717) is 26.1 Å². The lowest BCUT2D eigenvalue weighted by atomic mass is 10.0. The Morgan fingerprint density at radius 2 is 1.95 bits per heavy atom. The van der Waals surface area contributed by atoms with E-state index in [-0.39, 0.29) is 17.7 Å². The second kappa shape index (κ2) is 8.95. The molecule has 1 aliphatic heterocycles. The lowest BCUT2D eigenvalue weighted by Gasteiger charge is -2.23. The van der Waals surface area contributed by atoms with Crippen molar-refractivity contribution in [2.24, 2.45) is 11.8 Å². The van der Waals surface area contributed by atoms with Crippen molar-refractivity contribution in [1.29, 1.82) is 0 Å². The summed E-state index contributed by atoms with van der Waals surface area (Å²) >= 11 is 0. The molecule has 0 bridgehead atoms. The standard InChI is InChI=1S/C15H28N2O5/c1-9(2)7-12(17-15(20)22-8-10(3)4)13(18)16-11-5-6-21-14(11)19/h9-12,14,19H,5-8H2,1-4H3,(H,16,18)(H,17,20). The summed E-state index contributed by atoms with van der Waals surface area (Å²) in [5.74, 6) is 0.129. The van der Waals surface area contributed by atoms with Crippen LogP contribution in [-0.2, 0) is 14.3 Å². The first-order valence-corrected chi connectivity index (χ1v) is 7.83. The summed E-state index contributed by atoms with van der Waals surface area (Å²) in [4.78, 5) is 24.1. The monoisotopic (exact) mass is 316 g/mol. The van der Waals surface area contributed by atoms with Crippen molar-refractivity contribution in [2.45, 2.75) is 58.9 Å². The fourth-order valence-corrected chi connectivity index (χ4v) is 2.13. The quantitative estimate of drug-likeness (QED) is 0.651. The van der Waals surface area contributed by atoms with Gasteiger partial charge in [0, 0.05) is 0 Å². The summed E-state index contributed by atoms with van der Waals surface area (Å²) in [5.41, 5.74) is 0. The fraction of sp³-hybridized carbons (Fsp3) is 0.867. The molecule has 0 aromatic heterocycles. The normalized spacial score (nSPS) is 22.7. The Kier molecular flexibility index (Phi) is 7.61. The molecule has 1 fully saturated rings. The van der Waals surface area contributed by atoms with E-state index in [1.165, 1.54) is 0 Å². The molecule has 7 heteroatoms. The van der Waals surface area contributed by atoms with Crippen LogP contribution >= 0.6 is 0 Å². The Bertz CT molecular complexity index is 373. The van der Waals surface area contributed by atoms with Gasteiger partial charge in [0.15, 0.2) is 6.29 Å². The Labute approximate surface area is 131 Å². The summed E-state index contributed by atoms with van der Waals surface area (Å²) in [6.45, 7) is 8.52. The van der Waals surface area contributed by atoms with Gasteiger partial charge in [0.2, 0.25) is 5.91 Å². The van der Waals surface area contributed by atoms with Crippen LogP contribution in [0.2, 0.25) is 0 Å². The lowest BCUT2D eigenvalue weighted by molar-refractivity contribution is -0.127. The first kappa shape index (κ1) is 18.7. The van der Waals surface area contributed by atoms with Gasteiger partial charge in [-0.1, -0.05) is 27.7 Å². The molecule has 3 N–H and O–H groups in total. The third kappa shape index (κ3) is 6.62. The van der Waals surface area contributed by atoms with Gasteiger partial charge < -0.3 is 25.2 Å². The Balaban J connectivity index is 2.54. The van der Waals surface area contributed by atoms with Crippen molar-refractivity contribution < 1.29 is 24.2 Å². The Morgan fingerprint density at radius 3 is 2.45 bits per heavy atom. The number of hydrogen-bond acceptors (Lipinski definition) is 5. The smallest absolute Gasteiger partial charge is 0.407 e. The minimum absolute atomic E-state index is 0.228. The van der Waals surface area contributed by atoms with Crippen molar-refractivity contribution in [1.82, 2.24) is 10.6 Å². The SMILES string of the molecule is CC(C)COC(=O)NC(CC(C)C)C(=O)NC1CCOC1O. The van der Waals surface area contributed by atoms with Gasteiger partial charge in [-0.2, -0.15) is 0 Å². The molecule has 0 aromatic carbocycles. The minimum atomic E-state index is -0.989. The second-order valence-corrected chi connectivity index (χ2v) is 6.48. The predicted octanol–water partition coefficient (Wildman–Crippen LogP) is 1.01. The number of nitrogens with one attached hydrogen (secondary N) is 2. The zero-order chi connectivity index (χ0) is 16.7. The average molecular weight is 316 g/mol. The molecule has 1 saturated heterocycles. The molecule has 3 unspecified atom stereocenters. The summed E-state index contributed by atoms with van der Waals surface area (Å²) in [6.07, 6.45) is -0.542. The van der Waals surface area contributed by atoms with E-state index >= 15 is 0 Å². The van der Waals surface area contributed by atoms with E-state index in [1.54, 1.807) is 0 Å². The van der Waals surface area contributed by atoms with E-state index in [1.807, 2.05) is 27.7 Å². The largest absolute Gasteiger partial charge is 0.449 e. The third-order valence-corrected chi connectivity index (χ3v) is 3.25. The van der Waals surface area contributed by atoms with Crippen molar-refractivity contribution in [2.75, 3.05) is 13.2 Å². The lowest BCUT2D eigenvalue weighted by Crippen LogP contribution is -2.52. The highest BCUT2D eigenvalue weighted by atomic mass is 16.6. The number of alkyl carbamates (subject to hydrolysis) is 1. The molecule has 1 rings (SSSR count). The van der Waals surface area contributed by atoms with Gasteiger partial charge in [-0.15, -0.1) is 0 Å². The zero-order valence-electron chi connectivity index (χ0n) is 13.8. The van der Waals surface area contributed by atoms with Gasteiger partial charge in [-0.3, -0.25) is 4.79 Å². The van der Waals surface area contributed by atoms with Crippen molar-refractivity contribution in [3.05, 3.63) is 0 Å². The number of aliphatic hydroxyl groups is 1. The van der Waals surface area contributed by atoms with E-state index in [0.717, 1.165) is 0 Å². The molecule has 1 aliphatic rings. The molecule has 0 aromatic rings. The van der Waals surface area contributed by atoms with E-state index in [4.69, 9.17) is 9.47 Å². The molecule has 0 spiro atoms. The van der Waals surface area contributed by atoms with Crippen LogP contribution < -0.4 is 10.6 Å². The highest BCUT2D eigenvalue weighted by molar-refractivity contribution is 5.85. The molecule has 22 heavy (non-hydrogen) atoms. The van der Waals surface area contributed by atoms with Crippen LogP contribution in [0.15, 0.2) is 0 Å². The molecular formula is C15H28N2O5. The van der Waals surface area contributed by atoms with Crippen LogP contribution in [0.25, 0.3) is 0 Å². The molecular weight excluding hydrogens is 288 g/mol. The van der Waals surface area contributed by atoms with Crippen LogP contribution in [0, 0.1) is 11.8 Å². The van der Waals surface area contributed by atoms with Crippen LogP contribution in [0.4, 0.5) is 4.79 Å². The Hall–Kier alpha value is -1.34. The molecule has 1 heterocycles. The number of carbonyl (C=O) groups excluding carboxylic acids is 2. The average Bonchev–Trinajstić information content (AvgIpc) is 2.80. The van der Waals surface area contributed by atoms with Gasteiger partial charge in [0.1, 0.15) is 6.04 Å². The van der Waals surface area contributed by atoms with Gasteiger partial charge in [0.25, 0.3) is 0 Å². The second-order valence-electron chi connectivity index (χ2n) is 6.48. The van der Waals surface area contributed by atoms with Crippen LogP contribution in [-0.4, -0.2) is 48.7 Å². The zero-order valence-corrected chi connectivity index (χ0v) is 13.8. The number of aliphatic hydroxyl groups excluding tert-OH is 1. The number of ether oxygens (including phenoxy) is 2. The van der Waals surface area contributed by atoms with Gasteiger partial charge in [0.05, 0.1) is 19.3 Å². The van der Waals surface area contributed by atoms with Gasteiger partial charge in [-0.25, -0.2) is 4.79 Å². The molecule has 0 aliphatic carbocycles. The summed E-state index contributed by atoms with van der Waals surface area (Å²) in [7, 11) is 0. The van der Waals surface area contributed by atoms with Crippen molar-refractivity contribution in [3.63, 3.8) is 0 Å². The van der Waals surface area contributed by atoms with Crippen molar-refractivity contribution >= 4 is 12.0 Å². The van der Waals surface area contributed by atoms with Crippen molar-refractivity contribution in [3.8, 4) is 0 Å². The highest BCUT2D eigenvalue weighted by Gasteiger charge is 2.31. The maximum atomic E-state index is 12.3. The molecule has 0 radical (unpaired) electrons. The van der Waals surface area contributed by atoms with E-state index in [9.17, 15) is 14.7 Å². The summed E-state index contributed by atoms with van der Waals surface area (Å²) in [6, 6.07) is -1.12. The first-order valence-electron chi connectivity index (χ1n) is 7.83. The minimum Gasteiger partial charge on any atom is -0.449 e. The number of hydrogen-bond donors (Lipinski definition) is 3. The maximum Gasteiger partial charge on any atom is 0.407 e. The topological polar surface area (TPSA) is 96.9 Å². The van der Waals surface area contributed by atoms with E-state index in [2.05, 4.69) is 10.6 Å². The maximum absolute atomic E-state index is 12.3. The molecule has 7 nitrogen and oxygen atoms in total. The summed E-state index contributed by atoms with van der Waals surface area (Å²) < 4.78 is 10.1. The highest BCUT2D eigenvalue weighted by Crippen LogP contribution is 2.12. The number of rotatable bonds is 7. The number of amides is 2. The molecule has 0 saturated carbocycles. The molecule has 2 amide bonds. The third-order valence-electron chi connectivity index (χ3n) is 3.25. The van der Waals surface area contributed by atoms with E-state index < -0.39 is 24.5 Å². The Morgan fingerprint density at radius 1 is 1.27 bits per heavy atom. The van der Waals surface area contributed by atoms with Crippen LogP contribution in [0.1, 0.15) is 40.5 Å². The summed E-state index contributed by atoms with van der Waals surface area (Å²) in [5, 5.41) is 14.9. The predicted molar refractivity (Wildman–Crippen MR) is 81.1 cm³/mol. The molecule has 128 valence electrons. The first-order chi connectivity index (χ1) is 10.3. The number of carbonyl (C=O) groups is 2. The van der Waals surface area contributed by atoms with Crippen LogP contribution in [0.5, 0.6) is 0 Å². The fourth-order valence-electron chi connectivity index (χ4n) is 2.13.